The molecule has 168 valence electrons. The van der Waals surface area contributed by atoms with E-state index in [1.165, 1.54) is 18.2 Å². The summed E-state index contributed by atoms with van der Waals surface area (Å²) in [6.45, 7) is 0. The van der Waals surface area contributed by atoms with Crippen LogP contribution in [0.2, 0.25) is 0 Å². The number of phenolic OH excluding ortho intramolecular Hbond substituents is 2. The van der Waals surface area contributed by atoms with Gasteiger partial charge < -0.3 is 21.7 Å². The second-order valence-corrected chi connectivity index (χ2v) is 9.52. The van der Waals surface area contributed by atoms with Crippen LogP contribution in [0.1, 0.15) is 0 Å². The first kappa shape index (κ1) is 23.1. The van der Waals surface area contributed by atoms with Gasteiger partial charge in [0.25, 0.3) is 20.2 Å². The molecule has 4 aromatic rings. The average molecular weight is 479 g/mol. The van der Waals surface area contributed by atoms with Gasteiger partial charge in [-0.3, -0.25) is 9.11 Å². The maximum Gasteiger partial charge on any atom is 0.300 e. The molecule has 0 atom stereocenters. The van der Waals surface area contributed by atoms with Crippen molar-refractivity contribution in [2.45, 2.75) is 9.79 Å². The minimum Gasteiger partial charge on any atom is -0.507 e. The smallest absolute Gasteiger partial charge is 0.300 e. The highest BCUT2D eigenvalue weighted by Crippen LogP contribution is 2.36. The first-order valence-corrected chi connectivity index (χ1v) is 11.6. The summed E-state index contributed by atoms with van der Waals surface area (Å²) in [6, 6.07) is 14.9. The van der Waals surface area contributed by atoms with E-state index < -0.39 is 30.9 Å². The van der Waals surface area contributed by atoms with Gasteiger partial charge in [-0.2, -0.15) is 16.8 Å². The Morgan fingerprint density at radius 3 is 1.97 bits per heavy atom. The molecule has 0 spiro atoms. The highest BCUT2D eigenvalue weighted by atomic mass is 32.2. The van der Waals surface area contributed by atoms with Crippen LogP contribution >= 0.6 is 0 Å². The lowest BCUT2D eigenvalue weighted by Gasteiger charge is -2.08. The largest absolute Gasteiger partial charge is 0.507 e. The van der Waals surface area contributed by atoms with Crippen LogP contribution in [-0.4, -0.2) is 36.2 Å². The molecule has 0 fully saturated rings. The Hall–Kier alpha value is -3.58. The van der Waals surface area contributed by atoms with E-state index in [1.807, 2.05) is 0 Å². The third kappa shape index (κ3) is 4.68. The van der Waals surface area contributed by atoms with Crippen LogP contribution in [0.25, 0.3) is 21.5 Å². The normalized spacial score (nSPS) is 11.8. The second kappa shape index (κ2) is 8.16. The summed E-state index contributed by atoms with van der Waals surface area (Å²) in [5.74, 6) is -0.747. The molecule has 0 bridgehead atoms. The van der Waals surface area contributed by atoms with E-state index in [1.54, 1.807) is 36.4 Å². The lowest BCUT2D eigenvalue weighted by atomic mass is 10.1. The van der Waals surface area contributed by atoms with E-state index in [4.69, 9.17) is 20.6 Å². The van der Waals surface area contributed by atoms with E-state index >= 15 is 0 Å². The maximum atomic E-state index is 11.0. The van der Waals surface area contributed by atoms with Gasteiger partial charge in [-0.05, 0) is 41.1 Å². The van der Waals surface area contributed by atoms with Crippen LogP contribution in [0, 0.1) is 0 Å². The second-order valence-electron chi connectivity index (χ2n) is 6.74. The van der Waals surface area contributed by atoms with E-state index in [-0.39, 0.29) is 16.3 Å². The number of rotatable bonds is 2. The molecule has 0 amide bonds. The van der Waals surface area contributed by atoms with Crippen molar-refractivity contribution < 1.29 is 36.2 Å². The van der Waals surface area contributed by atoms with Crippen LogP contribution in [0.5, 0.6) is 11.5 Å². The molecular formula is C20H18N2O8S2. The van der Waals surface area contributed by atoms with Crippen molar-refractivity contribution in [2.75, 3.05) is 11.5 Å². The summed E-state index contributed by atoms with van der Waals surface area (Å²) in [6.07, 6.45) is 0. The third-order valence-electron chi connectivity index (χ3n) is 4.49. The highest BCUT2D eigenvalue weighted by molar-refractivity contribution is 7.86. The summed E-state index contributed by atoms with van der Waals surface area (Å²) >= 11 is 0. The lowest BCUT2D eigenvalue weighted by Crippen LogP contribution is -2.03. The fourth-order valence-electron chi connectivity index (χ4n) is 3.09. The Morgan fingerprint density at radius 2 is 1.34 bits per heavy atom. The summed E-state index contributed by atoms with van der Waals surface area (Å²) < 4.78 is 61.7. The Kier molecular flexibility index (Phi) is 5.89. The number of aromatic hydroxyl groups is 2. The molecule has 0 saturated heterocycles. The Labute approximate surface area is 182 Å². The molecule has 32 heavy (non-hydrogen) atoms. The molecule has 0 heterocycles. The van der Waals surface area contributed by atoms with Gasteiger partial charge in [0.05, 0.1) is 10.6 Å². The van der Waals surface area contributed by atoms with Crippen molar-refractivity contribution in [3.05, 3.63) is 60.7 Å². The van der Waals surface area contributed by atoms with Gasteiger partial charge in [0.15, 0.2) is 4.90 Å². The van der Waals surface area contributed by atoms with Crippen LogP contribution in [-0.2, 0) is 20.2 Å². The molecule has 4 rings (SSSR count). The summed E-state index contributed by atoms with van der Waals surface area (Å²) in [4.78, 5) is -1.01. The van der Waals surface area contributed by atoms with Gasteiger partial charge in [-0.25, -0.2) is 0 Å². The number of benzene rings is 4. The van der Waals surface area contributed by atoms with Gasteiger partial charge in [0.1, 0.15) is 11.5 Å². The number of hydrogen-bond acceptors (Lipinski definition) is 8. The van der Waals surface area contributed by atoms with E-state index in [2.05, 4.69) is 0 Å². The fourth-order valence-corrected chi connectivity index (χ4v) is 4.34. The standard InChI is InChI=1S/2C10H9NO4S/c11-7-1-2-9-6(3-7)4-8(5-10(9)12)16(13,14)15;11-8-5-6-3-1-2-4-7(6)9(12)10(8)16(13,14)15/h2*1-5,12H,11H2,(H,13,14,15). The van der Waals surface area contributed by atoms with Gasteiger partial charge in [-0.1, -0.05) is 24.3 Å². The van der Waals surface area contributed by atoms with Gasteiger partial charge >= 0.3 is 0 Å². The molecule has 8 N–H and O–H groups in total. The molecular weight excluding hydrogens is 460 g/mol. The first-order valence-electron chi connectivity index (χ1n) is 8.76. The molecule has 12 heteroatoms. The van der Waals surface area contributed by atoms with E-state index in [0.29, 0.717) is 27.2 Å². The topological polar surface area (TPSA) is 201 Å². The molecule has 0 aliphatic carbocycles. The number of hydrogen-bond donors (Lipinski definition) is 6. The maximum absolute atomic E-state index is 11.0. The van der Waals surface area contributed by atoms with Crippen molar-refractivity contribution in [1.82, 2.24) is 0 Å². The predicted octanol–water partition coefficient (Wildman–Crippen LogP) is 2.75. The first-order chi connectivity index (χ1) is 14.8. The summed E-state index contributed by atoms with van der Waals surface area (Å²) in [5.41, 5.74) is 11.3. The molecule has 0 saturated carbocycles. The van der Waals surface area contributed by atoms with E-state index in [0.717, 1.165) is 6.07 Å². The van der Waals surface area contributed by atoms with Crippen LogP contribution < -0.4 is 11.5 Å². The zero-order valence-electron chi connectivity index (χ0n) is 16.2. The van der Waals surface area contributed by atoms with Gasteiger partial charge in [0.2, 0.25) is 0 Å². The van der Waals surface area contributed by atoms with Crippen molar-refractivity contribution in [3.63, 3.8) is 0 Å². The molecule has 0 radical (unpaired) electrons. The minimum absolute atomic E-state index is 0.182. The lowest BCUT2D eigenvalue weighted by molar-refractivity contribution is 0.449. The Bertz CT molecular complexity index is 1570. The zero-order chi connectivity index (χ0) is 23.8. The number of nitrogen functional groups attached to an aromatic ring is 2. The quantitative estimate of drug-likeness (QED) is 0.184. The number of nitrogens with two attached hydrogens (primary N) is 2. The Balaban J connectivity index is 0.000000181. The highest BCUT2D eigenvalue weighted by Gasteiger charge is 2.21. The molecule has 0 aromatic heterocycles. The van der Waals surface area contributed by atoms with Crippen molar-refractivity contribution >= 4 is 53.2 Å². The fraction of sp³-hybridized carbons (Fsp3) is 0. The third-order valence-corrected chi connectivity index (χ3v) is 6.26. The minimum atomic E-state index is -4.53. The number of anilines is 2. The van der Waals surface area contributed by atoms with Gasteiger partial charge in [-0.15, -0.1) is 0 Å². The number of phenols is 2. The monoisotopic (exact) mass is 478 g/mol. The molecule has 0 aliphatic rings. The average Bonchev–Trinajstić information content (AvgIpc) is 2.66. The summed E-state index contributed by atoms with van der Waals surface area (Å²) in [7, 11) is -8.86. The predicted molar refractivity (Wildman–Crippen MR) is 120 cm³/mol. The zero-order valence-corrected chi connectivity index (χ0v) is 17.8. The van der Waals surface area contributed by atoms with Gasteiger partial charge in [0, 0.05) is 22.5 Å². The van der Waals surface area contributed by atoms with E-state index in [9.17, 15) is 27.0 Å². The molecule has 0 aliphatic heterocycles. The van der Waals surface area contributed by atoms with Crippen LogP contribution in [0.3, 0.4) is 0 Å². The number of fused-ring (bicyclic) bond motifs is 2. The van der Waals surface area contributed by atoms with Crippen LogP contribution in [0.15, 0.2) is 70.5 Å². The summed E-state index contributed by atoms with van der Waals surface area (Å²) in [5, 5.41) is 21.2. The van der Waals surface area contributed by atoms with Crippen molar-refractivity contribution in [1.29, 1.82) is 0 Å². The van der Waals surface area contributed by atoms with Crippen molar-refractivity contribution in [2.24, 2.45) is 0 Å². The Morgan fingerprint density at radius 1 is 0.688 bits per heavy atom. The molecule has 0 unspecified atom stereocenters. The molecule has 10 nitrogen and oxygen atoms in total. The van der Waals surface area contributed by atoms with Crippen LogP contribution in [0.4, 0.5) is 11.4 Å². The van der Waals surface area contributed by atoms with Crippen molar-refractivity contribution in [3.8, 4) is 11.5 Å². The SMILES string of the molecule is Nc1cc2ccccc2c(O)c1S(=O)(=O)O.Nc1ccc2c(O)cc(S(=O)(=O)O)cc2c1. The molecule has 4 aromatic carbocycles.